The first kappa shape index (κ1) is 21.1. The largest absolute Gasteiger partial charge is 0.179 e. The summed E-state index contributed by atoms with van der Waals surface area (Å²) in [5.41, 5.74) is 0. The lowest BCUT2D eigenvalue weighted by atomic mass is 10.0. The molecular weight excluding hydrogens is 375 g/mol. The maximum atomic E-state index is 4.25. The highest BCUT2D eigenvalue weighted by molar-refractivity contribution is 14.1. The van der Waals surface area contributed by atoms with Gasteiger partial charge in [-0.1, -0.05) is 112 Å². The molecule has 0 unspecified atom stereocenters. The summed E-state index contributed by atoms with van der Waals surface area (Å²) < 4.78 is 1.34. The molecule has 0 heterocycles. The zero-order valence-corrected chi connectivity index (χ0v) is 16.6. The molecular formula is C18H37IS. The number of hydrogen-bond donors (Lipinski definition) is 1. The highest BCUT2D eigenvalue weighted by atomic mass is 127. The van der Waals surface area contributed by atoms with E-state index in [1.807, 2.05) is 0 Å². The van der Waals surface area contributed by atoms with Crippen molar-refractivity contribution in [3.8, 4) is 0 Å². The zero-order valence-electron chi connectivity index (χ0n) is 13.6. The summed E-state index contributed by atoms with van der Waals surface area (Å²) in [6, 6.07) is 0. The molecule has 0 aliphatic carbocycles. The summed E-state index contributed by atoms with van der Waals surface area (Å²) in [6.07, 6.45) is 23.2. The van der Waals surface area contributed by atoms with Gasteiger partial charge in [0.15, 0.2) is 0 Å². The van der Waals surface area contributed by atoms with Crippen molar-refractivity contribution in [1.82, 2.24) is 0 Å². The Labute approximate surface area is 147 Å². The Morgan fingerprint density at radius 2 is 0.650 bits per heavy atom. The van der Waals surface area contributed by atoms with Gasteiger partial charge in [0.05, 0.1) is 0 Å². The third-order valence-electron chi connectivity index (χ3n) is 4.04. The van der Waals surface area contributed by atoms with Crippen LogP contribution in [0.1, 0.15) is 103 Å². The SMILES string of the molecule is SCCCCCCCCCCCCCCCCCCI. The lowest BCUT2D eigenvalue weighted by Crippen LogP contribution is -1.84. The quantitative estimate of drug-likeness (QED) is 0.108. The van der Waals surface area contributed by atoms with Crippen molar-refractivity contribution in [1.29, 1.82) is 0 Å². The van der Waals surface area contributed by atoms with Gasteiger partial charge < -0.3 is 0 Å². The lowest BCUT2D eigenvalue weighted by Gasteiger charge is -2.03. The van der Waals surface area contributed by atoms with Gasteiger partial charge in [-0.25, -0.2) is 0 Å². The van der Waals surface area contributed by atoms with Crippen LogP contribution in [0, 0.1) is 0 Å². The van der Waals surface area contributed by atoms with E-state index in [-0.39, 0.29) is 0 Å². The second-order valence-electron chi connectivity index (χ2n) is 6.07. The lowest BCUT2D eigenvalue weighted by molar-refractivity contribution is 0.532. The Balaban J connectivity index is 2.89. The van der Waals surface area contributed by atoms with Crippen LogP contribution in [0.2, 0.25) is 0 Å². The average molecular weight is 412 g/mol. The molecule has 0 saturated heterocycles. The van der Waals surface area contributed by atoms with Gasteiger partial charge >= 0.3 is 0 Å². The molecule has 2 heteroatoms. The summed E-state index contributed by atoms with van der Waals surface area (Å²) in [7, 11) is 0. The Kier molecular flexibility index (Phi) is 21.2. The van der Waals surface area contributed by atoms with Crippen molar-refractivity contribution >= 4 is 35.2 Å². The van der Waals surface area contributed by atoms with Crippen LogP contribution in [0.25, 0.3) is 0 Å². The minimum Gasteiger partial charge on any atom is -0.179 e. The number of alkyl halides is 1. The number of hydrogen-bond acceptors (Lipinski definition) is 1. The molecule has 0 N–H and O–H groups in total. The van der Waals surface area contributed by atoms with Crippen LogP contribution < -0.4 is 0 Å². The number of halogens is 1. The van der Waals surface area contributed by atoms with Crippen molar-refractivity contribution < 1.29 is 0 Å². The molecule has 0 atom stereocenters. The van der Waals surface area contributed by atoms with Gasteiger partial charge in [-0.3, -0.25) is 0 Å². The highest BCUT2D eigenvalue weighted by Crippen LogP contribution is 2.13. The summed E-state index contributed by atoms with van der Waals surface area (Å²) in [6.45, 7) is 0. The zero-order chi connectivity index (χ0) is 14.7. The van der Waals surface area contributed by atoms with Crippen molar-refractivity contribution in [2.45, 2.75) is 103 Å². The van der Waals surface area contributed by atoms with Crippen LogP contribution in [0.5, 0.6) is 0 Å². The second kappa shape index (κ2) is 20.1. The number of thiol groups is 1. The first-order valence-corrected chi connectivity index (χ1v) is 11.2. The third-order valence-corrected chi connectivity index (χ3v) is 5.12. The summed E-state index contributed by atoms with van der Waals surface area (Å²) in [4.78, 5) is 0. The Bertz CT molecular complexity index is 143. The molecule has 0 aliphatic heterocycles. The second-order valence-corrected chi connectivity index (χ2v) is 7.60. The molecule has 0 amide bonds. The fraction of sp³-hybridized carbons (Fsp3) is 1.00. The molecule has 0 bridgehead atoms. The summed E-state index contributed by atoms with van der Waals surface area (Å²) >= 11 is 6.73. The van der Waals surface area contributed by atoms with E-state index in [0.717, 1.165) is 5.75 Å². The van der Waals surface area contributed by atoms with Crippen molar-refractivity contribution in [3.05, 3.63) is 0 Å². The third kappa shape index (κ3) is 19.1. The van der Waals surface area contributed by atoms with E-state index in [1.165, 1.54) is 107 Å². The molecule has 0 rings (SSSR count). The Morgan fingerprint density at radius 1 is 0.400 bits per heavy atom. The minimum absolute atomic E-state index is 1.07. The molecule has 0 nitrogen and oxygen atoms in total. The predicted octanol–water partition coefficient (Wildman–Crippen LogP) is 7.59. The predicted molar refractivity (Wildman–Crippen MR) is 107 cm³/mol. The molecule has 0 fully saturated rings. The molecule has 0 spiro atoms. The van der Waals surface area contributed by atoms with Crippen molar-refractivity contribution in [2.75, 3.05) is 10.2 Å². The molecule has 0 aromatic carbocycles. The van der Waals surface area contributed by atoms with E-state index in [4.69, 9.17) is 0 Å². The van der Waals surface area contributed by atoms with E-state index in [1.54, 1.807) is 0 Å². The average Bonchev–Trinajstić information content (AvgIpc) is 2.47. The molecule has 0 saturated carbocycles. The molecule has 0 radical (unpaired) electrons. The molecule has 0 aromatic heterocycles. The minimum atomic E-state index is 1.07. The van der Waals surface area contributed by atoms with Crippen LogP contribution >= 0.6 is 35.2 Å². The molecule has 0 aliphatic rings. The number of rotatable bonds is 17. The smallest absolute Gasteiger partial charge is 0.000473 e. The van der Waals surface area contributed by atoms with Gasteiger partial charge in [-0.05, 0) is 23.0 Å². The summed E-state index contributed by atoms with van der Waals surface area (Å²) in [5, 5.41) is 0. The topological polar surface area (TPSA) is 0 Å². The van der Waals surface area contributed by atoms with E-state index in [0.29, 0.717) is 0 Å². The van der Waals surface area contributed by atoms with Gasteiger partial charge in [0.2, 0.25) is 0 Å². The highest BCUT2D eigenvalue weighted by Gasteiger charge is 1.94. The Hall–Kier alpha value is 1.08. The van der Waals surface area contributed by atoms with Crippen molar-refractivity contribution in [3.63, 3.8) is 0 Å². The normalized spacial score (nSPS) is 11.1. The molecule has 20 heavy (non-hydrogen) atoms. The van der Waals surface area contributed by atoms with Crippen LogP contribution in [0.4, 0.5) is 0 Å². The first-order valence-electron chi connectivity index (χ1n) is 9.08. The van der Waals surface area contributed by atoms with E-state index < -0.39 is 0 Å². The fourth-order valence-corrected chi connectivity index (χ4v) is 3.44. The Morgan fingerprint density at radius 3 is 0.900 bits per heavy atom. The standard InChI is InChI=1S/C18H37IS/c19-17-15-13-11-9-7-5-3-1-2-4-6-8-10-12-14-16-18-20/h20H,1-18H2. The van der Waals surface area contributed by atoms with Crippen LogP contribution in [-0.4, -0.2) is 10.2 Å². The van der Waals surface area contributed by atoms with Gasteiger partial charge in [-0.15, -0.1) is 0 Å². The van der Waals surface area contributed by atoms with Gasteiger partial charge in [0.25, 0.3) is 0 Å². The van der Waals surface area contributed by atoms with E-state index in [2.05, 4.69) is 35.2 Å². The molecule has 0 aromatic rings. The fourth-order valence-electron chi connectivity index (χ4n) is 2.68. The summed E-state index contributed by atoms with van der Waals surface area (Å²) in [5.74, 6) is 1.07. The van der Waals surface area contributed by atoms with Crippen LogP contribution in [0.15, 0.2) is 0 Å². The van der Waals surface area contributed by atoms with Crippen molar-refractivity contribution in [2.24, 2.45) is 0 Å². The van der Waals surface area contributed by atoms with E-state index in [9.17, 15) is 0 Å². The van der Waals surface area contributed by atoms with E-state index >= 15 is 0 Å². The van der Waals surface area contributed by atoms with Gasteiger partial charge in [0.1, 0.15) is 0 Å². The van der Waals surface area contributed by atoms with Crippen LogP contribution in [-0.2, 0) is 0 Å². The van der Waals surface area contributed by atoms with Gasteiger partial charge in [-0.2, -0.15) is 12.6 Å². The molecule has 122 valence electrons. The van der Waals surface area contributed by atoms with Gasteiger partial charge in [0, 0.05) is 0 Å². The first-order chi connectivity index (χ1) is 9.91. The number of unbranched alkanes of at least 4 members (excludes halogenated alkanes) is 15. The maximum Gasteiger partial charge on any atom is -0.000473 e. The monoisotopic (exact) mass is 412 g/mol. The maximum absolute atomic E-state index is 4.25. The van der Waals surface area contributed by atoms with Crippen LogP contribution in [0.3, 0.4) is 0 Å².